The lowest BCUT2D eigenvalue weighted by Gasteiger charge is -2.05. The second-order valence-electron chi connectivity index (χ2n) is 5.90. The van der Waals surface area contributed by atoms with Crippen LogP contribution in [0.1, 0.15) is 40.9 Å². The van der Waals surface area contributed by atoms with Crippen molar-refractivity contribution in [3.8, 4) is 5.75 Å². The number of hydrazone groups is 1. The largest absolute Gasteiger partial charge is 0.486 e. The quantitative estimate of drug-likeness (QED) is 0.485. The Hall–Kier alpha value is -3.41. The van der Waals surface area contributed by atoms with Crippen molar-refractivity contribution in [2.45, 2.75) is 26.4 Å². The highest BCUT2D eigenvalue weighted by Crippen LogP contribution is 2.16. The summed E-state index contributed by atoms with van der Waals surface area (Å²) in [6.07, 6.45) is 5.29. The first-order valence-electron chi connectivity index (χ1n) is 8.79. The molecule has 1 aromatic carbocycles. The molecule has 27 heavy (non-hydrogen) atoms. The van der Waals surface area contributed by atoms with E-state index >= 15 is 0 Å². The number of hydrogen-bond acceptors (Lipinski definition) is 5. The van der Waals surface area contributed by atoms with Crippen LogP contribution in [0.15, 0.2) is 70.3 Å². The molecule has 0 fully saturated rings. The lowest BCUT2D eigenvalue weighted by Crippen LogP contribution is -2.16. The zero-order chi connectivity index (χ0) is 18.9. The van der Waals surface area contributed by atoms with Gasteiger partial charge < -0.3 is 9.15 Å². The van der Waals surface area contributed by atoms with Crippen LogP contribution in [-0.2, 0) is 13.0 Å². The Balaban J connectivity index is 1.50. The van der Waals surface area contributed by atoms with Crippen LogP contribution in [-0.4, -0.2) is 17.1 Å². The average molecular weight is 363 g/mol. The van der Waals surface area contributed by atoms with Gasteiger partial charge in [-0.05, 0) is 48.4 Å². The molecule has 0 atom stereocenters. The number of ether oxygens (including phenoxy) is 1. The Morgan fingerprint density at radius 1 is 1.19 bits per heavy atom. The maximum atomic E-state index is 12.0. The van der Waals surface area contributed by atoms with Crippen molar-refractivity contribution in [1.82, 2.24) is 10.4 Å². The predicted molar refractivity (Wildman–Crippen MR) is 103 cm³/mol. The number of furan rings is 1. The van der Waals surface area contributed by atoms with E-state index in [0.29, 0.717) is 11.5 Å². The third kappa shape index (κ3) is 5.54. The molecule has 138 valence electrons. The van der Waals surface area contributed by atoms with Gasteiger partial charge in [0.25, 0.3) is 0 Å². The number of aromatic nitrogens is 1. The van der Waals surface area contributed by atoms with E-state index in [1.807, 2.05) is 24.3 Å². The van der Waals surface area contributed by atoms with Crippen molar-refractivity contribution in [2.75, 3.05) is 0 Å². The maximum Gasteiger partial charge on any atom is 0.307 e. The van der Waals surface area contributed by atoms with Crippen LogP contribution in [0.2, 0.25) is 0 Å². The summed E-state index contributed by atoms with van der Waals surface area (Å²) in [6.45, 7) is 2.40. The first-order chi connectivity index (χ1) is 13.2. The second-order valence-corrected chi connectivity index (χ2v) is 5.90. The van der Waals surface area contributed by atoms with Crippen LogP contribution in [0.3, 0.4) is 0 Å². The van der Waals surface area contributed by atoms with E-state index in [2.05, 4.69) is 34.6 Å². The number of aryl methyl sites for hydroxylation is 1. The Labute approximate surface area is 157 Å². The van der Waals surface area contributed by atoms with E-state index in [4.69, 9.17) is 9.15 Å². The van der Waals surface area contributed by atoms with E-state index in [0.717, 1.165) is 18.6 Å². The van der Waals surface area contributed by atoms with E-state index in [9.17, 15) is 4.79 Å². The van der Waals surface area contributed by atoms with Gasteiger partial charge in [-0.25, -0.2) is 5.43 Å². The minimum atomic E-state index is -0.433. The number of benzene rings is 1. The summed E-state index contributed by atoms with van der Waals surface area (Å²) >= 11 is 0. The Morgan fingerprint density at radius 2 is 2.04 bits per heavy atom. The Bertz CT molecular complexity index is 887. The lowest BCUT2D eigenvalue weighted by atomic mass is 10.1. The molecular weight excluding hydrogens is 342 g/mol. The zero-order valence-corrected chi connectivity index (χ0v) is 15.1. The number of amides is 1. The molecule has 6 nitrogen and oxygen atoms in total. The summed E-state index contributed by atoms with van der Waals surface area (Å²) in [5.41, 5.74) is 4.34. The van der Waals surface area contributed by atoms with Crippen molar-refractivity contribution in [3.05, 3.63) is 83.6 Å². The molecule has 1 amide bonds. The first kappa shape index (κ1) is 18.4. The summed E-state index contributed by atoms with van der Waals surface area (Å²) in [7, 11) is 0. The number of pyridine rings is 1. The minimum absolute atomic E-state index is 0.171. The van der Waals surface area contributed by atoms with Gasteiger partial charge in [-0.15, -0.1) is 0 Å². The van der Waals surface area contributed by atoms with Gasteiger partial charge in [-0.1, -0.05) is 31.5 Å². The standard InChI is InChI=1S/C21H21N3O3/c1-2-5-16-7-9-18(10-8-16)26-15-19-11-12-20(27-19)21(25)24-23-14-17-6-3-4-13-22-17/h3-4,6-14H,2,5,15H2,1H3,(H,24,25). The SMILES string of the molecule is CCCc1ccc(OCc2ccc(C(=O)NN=Cc3ccccn3)o2)cc1. The molecule has 6 heteroatoms. The van der Waals surface area contributed by atoms with Crippen LogP contribution in [0.25, 0.3) is 0 Å². The van der Waals surface area contributed by atoms with Gasteiger partial charge in [-0.3, -0.25) is 9.78 Å². The van der Waals surface area contributed by atoms with E-state index in [-0.39, 0.29) is 12.4 Å². The van der Waals surface area contributed by atoms with Gasteiger partial charge in [0.05, 0.1) is 11.9 Å². The summed E-state index contributed by atoms with van der Waals surface area (Å²) in [6, 6.07) is 16.7. The van der Waals surface area contributed by atoms with Crippen molar-refractivity contribution in [1.29, 1.82) is 0 Å². The number of hydrogen-bond donors (Lipinski definition) is 1. The molecular formula is C21H21N3O3. The molecule has 0 aliphatic heterocycles. The number of rotatable bonds is 8. The minimum Gasteiger partial charge on any atom is -0.486 e. The molecule has 2 aromatic heterocycles. The third-order valence-electron chi connectivity index (χ3n) is 3.78. The highest BCUT2D eigenvalue weighted by molar-refractivity contribution is 5.92. The summed E-state index contributed by atoms with van der Waals surface area (Å²) < 4.78 is 11.2. The first-order valence-corrected chi connectivity index (χ1v) is 8.79. The maximum absolute atomic E-state index is 12.0. The molecule has 0 bridgehead atoms. The molecule has 0 saturated carbocycles. The number of carbonyl (C=O) groups is 1. The fraction of sp³-hybridized carbons (Fsp3) is 0.190. The van der Waals surface area contributed by atoms with E-state index in [1.54, 1.807) is 24.4 Å². The number of carbonyl (C=O) groups excluding carboxylic acids is 1. The highest BCUT2D eigenvalue weighted by atomic mass is 16.5. The predicted octanol–water partition coefficient (Wildman–Crippen LogP) is 3.97. The average Bonchev–Trinajstić information content (AvgIpc) is 3.18. The fourth-order valence-corrected chi connectivity index (χ4v) is 2.44. The van der Waals surface area contributed by atoms with Gasteiger partial charge in [0.15, 0.2) is 5.76 Å². The molecule has 3 aromatic rings. The molecule has 0 radical (unpaired) electrons. The lowest BCUT2D eigenvalue weighted by molar-refractivity contribution is 0.0923. The third-order valence-corrected chi connectivity index (χ3v) is 3.78. The van der Waals surface area contributed by atoms with Crippen molar-refractivity contribution < 1.29 is 13.9 Å². The summed E-state index contributed by atoms with van der Waals surface area (Å²) in [5, 5.41) is 3.87. The zero-order valence-electron chi connectivity index (χ0n) is 15.1. The fourth-order valence-electron chi connectivity index (χ4n) is 2.44. The smallest absolute Gasteiger partial charge is 0.307 e. The van der Waals surface area contributed by atoms with Gasteiger partial charge in [-0.2, -0.15) is 5.10 Å². The second kappa shape index (κ2) is 9.33. The van der Waals surface area contributed by atoms with Gasteiger partial charge >= 0.3 is 5.91 Å². The molecule has 1 N–H and O–H groups in total. The van der Waals surface area contributed by atoms with Crippen LogP contribution in [0, 0.1) is 0 Å². The van der Waals surface area contributed by atoms with Crippen LogP contribution in [0.4, 0.5) is 0 Å². The Kier molecular flexibility index (Phi) is 6.35. The van der Waals surface area contributed by atoms with Gasteiger partial charge in [0, 0.05) is 6.20 Å². The van der Waals surface area contributed by atoms with Gasteiger partial charge in [0.2, 0.25) is 0 Å². The van der Waals surface area contributed by atoms with E-state index in [1.165, 1.54) is 11.8 Å². The van der Waals surface area contributed by atoms with Crippen molar-refractivity contribution in [2.24, 2.45) is 5.10 Å². The molecule has 0 spiro atoms. The number of nitrogens with one attached hydrogen (secondary N) is 1. The molecule has 3 rings (SSSR count). The van der Waals surface area contributed by atoms with E-state index < -0.39 is 5.91 Å². The van der Waals surface area contributed by atoms with Crippen molar-refractivity contribution in [3.63, 3.8) is 0 Å². The highest BCUT2D eigenvalue weighted by Gasteiger charge is 2.10. The van der Waals surface area contributed by atoms with Crippen LogP contribution in [0.5, 0.6) is 5.75 Å². The molecule has 2 heterocycles. The monoisotopic (exact) mass is 363 g/mol. The summed E-state index contributed by atoms with van der Waals surface area (Å²) in [4.78, 5) is 16.1. The number of nitrogens with zero attached hydrogens (tertiary/aromatic N) is 2. The van der Waals surface area contributed by atoms with Crippen LogP contribution < -0.4 is 10.2 Å². The summed E-state index contributed by atoms with van der Waals surface area (Å²) in [5.74, 6) is 1.06. The molecule has 0 aliphatic rings. The normalized spacial score (nSPS) is 10.9. The topological polar surface area (TPSA) is 76.7 Å². The van der Waals surface area contributed by atoms with Gasteiger partial charge in [0.1, 0.15) is 18.1 Å². The molecule has 0 unspecified atom stereocenters. The van der Waals surface area contributed by atoms with Crippen LogP contribution >= 0.6 is 0 Å². The van der Waals surface area contributed by atoms with Crippen molar-refractivity contribution >= 4 is 12.1 Å². The Morgan fingerprint density at radius 3 is 2.78 bits per heavy atom. The molecule has 0 aliphatic carbocycles. The molecule has 0 saturated heterocycles.